The van der Waals surface area contributed by atoms with Crippen LogP contribution in [-0.2, 0) is 6.42 Å². The molecule has 4 unspecified atom stereocenters. The molecule has 1 saturated carbocycles. The highest BCUT2D eigenvalue weighted by atomic mass is 16.4. The second-order valence-electron chi connectivity index (χ2n) is 7.78. The number of rotatable bonds is 3. The zero-order valence-electron chi connectivity index (χ0n) is 14.8. The van der Waals surface area contributed by atoms with Crippen molar-refractivity contribution in [2.75, 3.05) is 19.6 Å². The minimum Gasteiger partial charge on any atom is -0.465 e. The van der Waals surface area contributed by atoms with Crippen molar-refractivity contribution in [3.63, 3.8) is 0 Å². The standard InChI is InChI=1S/C20H29N3O2/c24-20(25)23-16(13-15-7-2-1-3-8-15)14-21-19-17(9-6-10-18(19)23)22-11-4-5-12-22/h1-3,7-8,16-19,21H,4-6,9-14H2,(H,24,25). The summed E-state index contributed by atoms with van der Waals surface area (Å²) in [6, 6.07) is 11.2. The van der Waals surface area contributed by atoms with Gasteiger partial charge in [-0.05, 0) is 57.2 Å². The summed E-state index contributed by atoms with van der Waals surface area (Å²) in [5, 5.41) is 13.7. The van der Waals surface area contributed by atoms with Crippen LogP contribution in [0.2, 0.25) is 0 Å². The lowest BCUT2D eigenvalue weighted by atomic mass is 9.81. The summed E-state index contributed by atoms with van der Waals surface area (Å²) in [7, 11) is 0. The maximum atomic E-state index is 12.1. The summed E-state index contributed by atoms with van der Waals surface area (Å²) in [5.74, 6) is 0. The lowest BCUT2D eigenvalue weighted by molar-refractivity contribution is 0.00814. The molecule has 5 nitrogen and oxygen atoms in total. The van der Waals surface area contributed by atoms with E-state index in [1.54, 1.807) is 4.90 Å². The van der Waals surface area contributed by atoms with E-state index in [-0.39, 0.29) is 18.1 Å². The molecule has 136 valence electrons. The second-order valence-corrected chi connectivity index (χ2v) is 7.78. The summed E-state index contributed by atoms with van der Waals surface area (Å²) in [5.41, 5.74) is 1.21. The van der Waals surface area contributed by atoms with Crippen LogP contribution in [0.4, 0.5) is 4.79 Å². The molecule has 25 heavy (non-hydrogen) atoms. The average Bonchev–Trinajstić information content (AvgIpc) is 3.16. The summed E-state index contributed by atoms with van der Waals surface area (Å²) < 4.78 is 0. The van der Waals surface area contributed by atoms with E-state index in [9.17, 15) is 9.90 Å². The topological polar surface area (TPSA) is 55.8 Å². The van der Waals surface area contributed by atoms with E-state index in [0.29, 0.717) is 6.04 Å². The van der Waals surface area contributed by atoms with Gasteiger partial charge in [0.15, 0.2) is 0 Å². The summed E-state index contributed by atoms with van der Waals surface area (Å²) in [4.78, 5) is 16.5. The van der Waals surface area contributed by atoms with E-state index in [1.165, 1.54) is 37.9 Å². The van der Waals surface area contributed by atoms with Gasteiger partial charge in [0.2, 0.25) is 0 Å². The number of benzene rings is 1. The van der Waals surface area contributed by atoms with Crippen LogP contribution in [0, 0.1) is 0 Å². The Labute approximate surface area is 150 Å². The van der Waals surface area contributed by atoms with Gasteiger partial charge in [-0.15, -0.1) is 0 Å². The highest BCUT2D eigenvalue weighted by Gasteiger charge is 2.46. The van der Waals surface area contributed by atoms with Crippen molar-refractivity contribution >= 4 is 6.09 Å². The minimum atomic E-state index is -0.750. The highest BCUT2D eigenvalue weighted by molar-refractivity contribution is 5.66. The lowest BCUT2D eigenvalue weighted by Gasteiger charge is -2.52. The fourth-order valence-corrected chi connectivity index (χ4v) is 5.21. The number of likely N-dealkylation sites (tertiary alicyclic amines) is 1. The first-order valence-electron chi connectivity index (χ1n) is 9.76. The molecule has 1 aliphatic carbocycles. The number of piperazine rings is 1. The van der Waals surface area contributed by atoms with Gasteiger partial charge in [0, 0.05) is 18.6 Å². The average molecular weight is 343 g/mol. The van der Waals surface area contributed by atoms with Crippen LogP contribution in [0.1, 0.15) is 37.7 Å². The molecule has 3 aliphatic rings. The largest absolute Gasteiger partial charge is 0.465 e. The molecule has 2 saturated heterocycles. The fourth-order valence-electron chi connectivity index (χ4n) is 5.21. The van der Waals surface area contributed by atoms with Crippen LogP contribution in [0.25, 0.3) is 0 Å². The van der Waals surface area contributed by atoms with Crippen LogP contribution < -0.4 is 5.32 Å². The molecule has 0 radical (unpaired) electrons. The Balaban J connectivity index is 1.53. The smallest absolute Gasteiger partial charge is 0.407 e. The fraction of sp³-hybridized carbons (Fsp3) is 0.650. The Morgan fingerprint density at radius 1 is 1.08 bits per heavy atom. The first-order valence-corrected chi connectivity index (χ1v) is 9.76. The van der Waals surface area contributed by atoms with Gasteiger partial charge in [-0.2, -0.15) is 0 Å². The molecule has 1 amide bonds. The number of nitrogens with one attached hydrogen (secondary N) is 1. The van der Waals surface area contributed by atoms with Crippen molar-refractivity contribution in [2.24, 2.45) is 0 Å². The summed E-state index contributed by atoms with van der Waals surface area (Å²) in [6.07, 6.45) is 5.92. The van der Waals surface area contributed by atoms with Gasteiger partial charge in [0.05, 0.1) is 12.1 Å². The number of hydrogen-bond donors (Lipinski definition) is 2. The van der Waals surface area contributed by atoms with E-state index in [0.717, 1.165) is 25.8 Å². The van der Waals surface area contributed by atoms with Crippen molar-refractivity contribution in [1.82, 2.24) is 15.1 Å². The van der Waals surface area contributed by atoms with Crippen LogP contribution in [0.3, 0.4) is 0 Å². The van der Waals surface area contributed by atoms with Gasteiger partial charge in [0.25, 0.3) is 0 Å². The van der Waals surface area contributed by atoms with Crippen molar-refractivity contribution in [3.05, 3.63) is 35.9 Å². The monoisotopic (exact) mass is 343 g/mol. The third-order valence-corrected chi connectivity index (χ3v) is 6.31. The predicted molar refractivity (Wildman–Crippen MR) is 97.8 cm³/mol. The lowest BCUT2D eigenvalue weighted by Crippen LogP contribution is -2.70. The molecule has 0 spiro atoms. The van der Waals surface area contributed by atoms with E-state index in [1.807, 2.05) is 18.2 Å². The van der Waals surface area contributed by atoms with Crippen LogP contribution >= 0.6 is 0 Å². The van der Waals surface area contributed by atoms with Gasteiger partial charge in [-0.25, -0.2) is 4.79 Å². The molecule has 4 atom stereocenters. The van der Waals surface area contributed by atoms with Crippen LogP contribution in [0.15, 0.2) is 30.3 Å². The Morgan fingerprint density at radius 2 is 1.80 bits per heavy atom. The molecule has 2 N–H and O–H groups in total. The zero-order chi connectivity index (χ0) is 17.2. The molecule has 1 aromatic carbocycles. The maximum absolute atomic E-state index is 12.1. The van der Waals surface area contributed by atoms with Crippen LogP contribution in [0.5, 0.6) is 0 Å². The third kappa shape index (κ3) is 3.40. The second kappa shape index (κ2) is 7.34. The van der Waals surface area contributed by atoms with Gasteiger partial charge >= 0.3 is 6.09 Å². The molecule has 3 fully saturated rings. The van der Waals surface area contributed by atoms with E-state index in [4.69, 9.17) is 0 Å². The Morgan fingerprint density at radius 3 is 2.52 bits per heavy atom. The third-order valence-electron chi connectivity index (χ3n) is 6.31. The summed E-state index contributed by atoms with van der Waals surface area (Å²) >= 11 is 0. The Bertz CT molecular complexity index is 588. The van der Waals surface area contributed by atoms with Gasteiger partial charge < -0.3 is 10.4 Å². The molecule has 5 heteroatoms. The van der Waals surface area contributed by atoms with Gasteiger partial charge in [0.1, 0.15) is 0 Å². The molecular formula is C20H29N3O2. The van der Waals surface area contributed by atoms with Crippen LogP contribution in [-0.4, -0.2) is 64.8 Å². The van der Waals surface area contributed by atoms with Crippen molar-refractivity contribution in [1.29, 1.82) is 0 Å². The molecule has 4 rings (SSSR count). The van der Waals surface area contributed by atoms with Crippen molar-refractivity contribution in [2.45, 2.75) is 62.7 Å². The van der Waals surface area contributed by atoms with E-state index in [2.05, 4.69) is 22.3 Å². The molecular weight excluding hydrogens is 314 g/mol. The zero-order valence-corrected chi connectivity index (χ0v) is 14.8. The Hall–Kier alpha value is -1.59. The molecule has 2 aliphatic heterocycles. The number of carbonyl (C=O) groups is 1. The quantitative estimate of drug-likeness (QED) is 0.886. The molecule has 0 bridgehead atoms. The first-order chi connectivity index (χ1) is 12.2. The van der Waals surface area contributed by atoms with Gasteiger partial charge in [-0.1, -0.05) is 30.3 Å². The number of hydrogen-bond acceptors (Lipinski definition) is 3. The summed E-state index contributed by atoms with van der Waals surface area (Å²) in [6.45, 7) is 3.11. The normalized spacial score (nSPS) is 33.2. The Kier molecular flexibility index (Phi) is 4.95. The van der Waals surface area contributed by atoms with Crippen molar-refractivity contribution in [3.8, 4) is 0 Å². The SMILES string of the molecule is O=C(O)N1C(Cc2ccccc2)CNC2C(N3CCCC3)CCCC21. The number of amides is 1. The van der Waals surface area contributed by atoms with Gasteiger partial charge in [-0.3, -0.25) is 9.80 Å². The predicted octanol–water partition coefficient (Wildman–Crippen LogP) is 2.57. The number of carboxylic acid groups (broad SMARTS) is 1. The number of fused-ring (bicyclic) bond motifs is 1. The highest BCUT2D eigenvalue weighted by Crippen LogP contribution is 2.33. The first kappa shape index (κ1) is 16.9. The molecule has 1 aromatic rings. The maximum Gasteiger partial charge on any atom is 0.407 e. The van der Waals surface area contributed by atoms with E-state index >= 15 is 0 Å². The molecule has 2 heterocycles. The molecule has 0 aromatic heterocycles. The number of nitrogens with zero attached hydrogens (tertiary/aromatic N) is 2. The van der Waals surface area contributed by atoms with Crippen molar-refractivity contribution < 1.29 is 9.90 Å². The minimum absolute atomic E-state index is 0.0264. The van der Waals surface area contributed by atoms with E-state index < -0.39 is 6.09 Å².